The minimum absolute atomic E-state index is 0.204. The third kappa shape index (κ3) is 4.73. The molecule has 1 atom stereocenters. The van der Waals surface area contributed by atoms with Crippen LogP contribution in [0.25, 0.3) is 0 Å². The van der Waals surface area contributed by atoms with Crippen LogP contribution >= 0.6 is 11.5 Å². The summed E-state index contributed by atoms with van der Waals surface area (Å²) < 4.78 is 3.84. The summed E-state index contributed by atoms with van der Waals surface area (Å²) in [6.07, 6.45) is 0. The second-order valence-electron chi connectivity index (χ2n) is 7.27. The molecule has 4 rings (SSSR count). The molecule has 0 aliphatic heterocycles. The zero-order valence-electron chi connectivity index (χ0n) is 17.5. The van der Waals surface area contributed by atoms with E-state index < -0.39 is 6.04 Å². The number of rotatable bonds is 7. The molecule has 0 spiro atoms. The summed E-state index contributed by atoms with van der Waals surface area (Å²) in [5.74, 6) is -0.656. The molecule has 6 nitrogen and oxygen atoms in total. The molecule has 0 fully saturated rings. The Kier molecular flexibility index (Phi) is 6.67. The van der Waals surface area contributed by atoms with E-state index in [0.717, 1.165) is 22.7 Å². The van der Waals surface area contributed by atoms with E-state index >= 15 is 0 Å². The lowest BCUT2D eigenvalue weighted by Gasteiger charge is -2.32. The molecule has 0 saturated carbocycles. The van der Waals surface area contributed by atoms with Gasteiger partial charge in [-0.05, 0) is 41.2 Å². The fourth-order valence-corrected chi connectivity index (χ4v) is 3.95. The maximum absolute atomic E-state index is 13.6. The summed E-state index contributed by atoms with van der Waals surface area (Å²) >= 11 is 1.10. The molecule has 1 N–H and O–H groups in total. The molecular formula is C25H22N4O2S. The number of carbonyl (C=O) groups excluding carboxylic acids is 2. The Morgan fingerprint density at radius 2 is 1.59 bits per heavy atom. The van der Waals surface area contributed by atoms with Crippen LogP contribution in [0.4, 0.5) is 5.69 Å². The molecule has 2 amide bonds. The Morgan fingerprint density at radius 1 is 0.938 bits per heavy atom. The molecule has 0 aliphatic rings. The number of aryl methyl sites for hydroxylation is 1. The van der Waals surface area contributed by atoms with Gasteiger partial charge in [-0.1, -0.05) is 83.4 Å². The van der Waals surface area contributed by atoms with Gasteiger partial charge in [0.25, 0.3) is 5.91 Å². The topological polar surface area (TPSA) is 75.2 Å². The Bertz CT molecular complexity index is 1180. The van der Waals surface area contributed by atoms with Gasteiger partial charge in [0.2, 0.25) is 5.91 Å². The number of amides is 2. The van der Waals surface area contributed by atoms with Crippen LogP contribution in [0, 0.1) is 6.92 Å². The monoisotopic (exact) mass is 442 g/mol. The quantitative estimate of drug-likeness (QED) is 0.456. The first-order valence-corrected chi connectivity index (χ1v) is 11.0. The summed E-state index contributed by atoms with van der Waals surface area (Å²) in [5.41, 5.74) is 3.41. The average molecular weight is 443 g/mol. The van der Waals surface area contributed by atoms with Crippen LogP contribution in [-0.4, -0.2) is 21.4 Å². The van der Waals surface area contributed by atoms with Gasteiger partial charge in [-0.2, -0.15) is 0 Å². The van der Waals surface area contributed by atoms with E-state index in [9.17, 15) is 9.59 Å². The van der Waals surface area contributed by atoms with Gasteiger partial charge in [0, 0.05) is 17.6 Å². The number of carbonyl (C=O) groups is 2. The molecule has 4 aromatic rings. The Morgan fingerprint density at radius 3 is 2.25 bits per heavy atom. The van der Waals surface area contributed by atoms with E-state index in [0.29, 0.717) is 17.8 Å². The molecule has 7 heteroatoms. The smallest absolute Gasteiger partial charge is 0.280 e. The van der Waals surface area contributed by atoms with Crippen LogP contribution in [0.15, 0.2) is 90.3 Å². The van der Waals surface area contributed by atoms with Crippen molar-refractivity contribution in [3.8, 4) is 0 Å². The maximum atomic E-state index is 13.6. The summed E-state index contributed by atoms with van der Waals surface area (Å²) in [6.45, 7) is 2.27. The first-order valence-electron chi connectivity index (χ1n) is 10.2. The minimum Gasteiger partial charge on any atom is -0.350 e. The second kappa shape index (κ2) is 9.98. The van der Waals surface area contributed by atoms with Crippen molar-refractivity contribution >= 4 is 29.0 Å². The van der Waals surface area contributed by atoms with Crippen molar-refractivity contribution in [3.05, 3.63) is 113 Å². The normalized spacial score (nSPS) is 11.5. The van der Waals surface area contributed by atoms with Gasteiger partial charge in [0.15, 0.2) is 5.69 Å². The van der Waals surface area contributed by atoms with Crippen molar-refractivity contribution in [1.29, 1.82) is 0 Å². The number of hydrogen-bond donors (Lipinski definition) is 1. The maximum Gasteiger partial charge on any atom is 0.280 e. The minimum atomic E-state index is -0.879. The van der Waals surface area contributed by atoms with E-state index in [4.69, 9.17) is 0 Å². The average Bonchev–Trinajstić information content (AvgIpc) is 3.38. The van der Waals surface area contributed by atoms with Crippen molar-refractivity contribution in [1.82, 2.24) is 14.9 Å². The van der Waals surface area contributed by atoms with Gasteiger partial charge in [-0.15, -0.1) is 5.10 Å². The first-order chi connectivity index (χ1) is 15.6. The van der Waals surface area contributed by atoms with E-state index in [1.165, 1.54) is 4.90 Å². The molecular weight excluding hydrogens is 420 g/mol. The fraction of sp³-hybridized carbons (Fsp3) is 0.120. The van der Waals surface area contributed by atoms with Gasteiger partial charge in [-0.25, -0.2) is 0 Å². The number of para-hydroxylation sites is 1. The number of nitrogens with one attached hydrogen (secondary N) is 1. The van der Waals surface area contributed by atoms with Crippen LogP contribution in [-0.2, 0) is 11.3 Å². The van der Waals surface area contributed by atoms with E-state index in [-0.39, 0.29) is 17.5 Å². The highest BCUT2D eigenvalue weighted by molar-refractivity contribution is 7.03. The molecule has 0 bridgehead atoms. The lowest BCUT2D eigenvalue weighted by Crippen LogP contribution is -2.44. The van der Waals surface area contributed by atoms with Gasteiger partial charge in [0.1, 0.15) is 6.04 Å². The van der Waals surface area contributed by atoms with Gasteiger partial charge in [-0.3, -0.25) is 14.5 Å². The standard InChI is InChI=1S/C25H22N4O2S/c1-18-10-8-9-15-22(18)29(25(31)21-17-32-28-27-21)23(20-13-6-3-7-14-20)24(30)26-16-19-11-4-2-5-12-19/h2-15,17,23H,16H2,1H3,(H,26,30). The van der Waals surface area contributed by atoms with Crippen LogP contribution in [0.1, 0.15) is 33.2 Å². The van der Waals surface area contributed by atoms with Crippen molar-refractivity contribution in [3.63, 3.8) is 0 Å². The Hall–Kier alpha value is -3.84. The fourth-order valence-electron chi connectivity index (χ4n) is 3.52. The van der Waals surface area contributed by atoms with Crippen molar-refractivity contribution in [2.45, 2.75) is 19.5 Å². The Labute approximate surface area is 190 Å². The molecule has 32 heavy (non-hydrogen) atoms. The van der Waals surface area contributed by atoms with Crippen LogP contribution in [0.3, 0.4) is 0 Å². The largest absolute Gasteiger partial charge is 0.350 e. The SMILES string of the molecule is Cc1ccccc1N(C(=O)c1csnn1)C(C(=O)NCc1ccccc1)c1ccccc1. The lowest BCUT2D eigenvalue weighted by atomic mass is 10.0. The van der Waals surface area contributed by atoms with E-state index in [1.54, 1.807) is 5.38 Å². The van der Waals surface area contributed by atoms with Crippen LogP contribution in [0.2, 0.25) is 0 Å². The van der Waals surface area contributed by atoms with E-state index in [1.807, 2.05) is 91.9 Å². The van der Waals surface area contributed by atoms with Gasteiger partial charge < -0.3 is 5.32 Å². The van der Waals surface area contributed by atoms with Crippen molar-refractivity contribution in [2.24, 2.45) is 0 Å². The van der Waals surface area contributed by atoms with Crippen LogP contribution in [0.5, 0.6) is 0 Å². The van der Waals surface area contributed by atoms with Crippen LogP contribution < -0.4 is 10.2 Å². The number of benzene rings is 3. The summed E-state index contributed by atoms with van der Waals surface area (Å²) in [5, 5.41) is 8.56. The predicted octanol–water partition coefficient (Wildman–Crippen LogP) is 4.55. The van der Waals surface area contributed by atoms with Gasteiger partial charge in [0.05, 0.1) is 0 Å². The lowest BCUT2D eigenvalue weighted by molar-refractivity contribution is -0.122. The molecule has 160 valence electrons. The Balaban J connectivity index is 1.77. The molecule has 0 saturated heterocycles. The zero-order valence-corrected chi connectivity index (χ0v) is 18.3. The number of anilines is 1. The number of nitrogens with zero attached hydrogens (tertiary/aromatic N) is 3. The molecule has 1 aromatic heterocycles. The summed E-state index contributed by atoms with van der Waals surface area (Å²) in [6, 6.07) is 25.6. The third-order valence-corrected chi connectivity index (χ3v) is 5.61. The highest BCUT2D eigenvalue weighted by atomic mass is 32.1. The third-order valence-electron chi connectivity index (χ3n) is 5.10. The molecule has 0 aliphatic carbocycles. The van der Waals surface area contributed by atoms with Gasteiger partial charge >= 0.3 is 0 Å². The van der Waals surface area contributed by atoms with Crippen molar-refractivity contribution in [2.75, 3.05) is 4.90 Å². The number of hydrogen-bond acceptors (Lipinski definition) is 5. The van der Waals surface area contributed by atoms with Crippen molar-refractivity contribution < 1.29 is 9.59 Å². The number of aromatic nitrogens is 2. The molecule has 1 unspecified atom stereocenters. The predicted molar refractivity (Wildman–Crippen MR) is 125 cm³/mol. The zero-order chi connectivity index (χ0) is 22.3. The highest BCUT2D eigenvalue weighted by Gasteiger charge is 2.34. The molecule has 3 aromatic carbocycles. The first kappa shape index (κ1) is 21.4. The molecule has 1 heterocycles. The summed E-state index contributed by atoms with van der Waals surface area (Å²) in [4.78, 5) is 28.7. The van der Waals surface area contributed by atoms with E-state index in [2.05, 4.69) is 14.9 Å². The molecule has 0 radical (unpaired) electrons. The highest BCUT2D eigenvalue weighted by Crippen LogP contribution is 2.32. The summed E-state index contributed by atoms with van der Waals surface area (Å²) in [7, 11) is 0. The second-order valence-corrected chi connectivity index (χ2v) is 7.88.